The number of hydrogen-bond acceptors (Lipinski definition) is 3. The van der Waals surface area contributed by atoms with Gasteiger partial charge < -0.3 is 20.1 Å². The molecule has 5 nitrogen and oxygen atoms in total. The van der Waals surface area contributed by atoms with Crippen LogP contribution in [0.4, 0.5) is 10.5 Å². The summed E-state index contributed by atoms with van der Waals surface area (Å²) >= 11 is 0. The number of likely N-dealkylation sites (N-methyl/N-ethyl adjacent to an activating group) is 1. The number of benzene rings is 1. The van der Waals surface area contributed by atoms with E-state index < -0.39 is 6.10 Å². The first-order chi connectivity index (χ1) is 11.4. The van der Waals surface area contributed by atoms with Crippen molar-refractivity contribution in [2.24, 2.45) is 0 Å². The molecule has 0 saturated carbocycles. The summed E-state index contributed by atoms with van der Waals surface area (Å²) in [4.78, 5) is 14.3. The third-order valence-electron chi connectivity index (χ3n) is 4.77. The summed E-state index contributed by atoms with van der Waals surface area (Å²) in [5, 5.41) is 13.0. The van der Waals surface area contributed by atoms with Crippen molar-refractivity contribution >= 4 is 11.7 Å². The number of aliphatic hydroxyl groups excluding tert-OH is 1. The summed E-state index contributed by atoms with van der Waals surface area (Å²) in [5.74, 6) is 0. The molecule has 1 aliphatic rings. The average molecular weight is 348 g/mol. The highest BCUT2D eigenvalue weighted by molar-refractivity contribution is 5.90. The topological polar surface area (TPSA) is 61.8 Å². The number of anilines is 1. The van der Waals surface area contributed by atoms with Crippen molar-refractivity contribution in [2.75, 3.05) is 25.6 Å². The van der Waals surface area contributed by atoms with Crippen molar-refractivity contribution < 1.29 is 14.6 Å². The quantitative estimate of drug-likeness (QED) is 0.860. The van der Waals surface area contributed by atoms with Gasteiger partial charge in [-0.3, -0.25) is 0 Å². The smallest absolute Gasteiger partial charge is 0.322 e. The lowest BCUT2D eigenvalue weighted by Gasteiger charge is -2.30. The number of carbonyl (C=O) groups excluding carboxylic acids is 1. The van der Waals surface area contributed by atoms with Gasteiger partial charge in [-0.25, -0.2) is 4.79 Å². The van der Waals surface area contributed by atoms with Gasteiger partial charge in [-0.2, -0.15) is 0 Å². The van der Waals surface area contributed by atoms with Crippen LogP contribution in [0.5, 0.6) is 0 Å². The fraction of sp³-hybridized carbons (Fsp3) is 0.650. The van der Waals surface area contributed by atoms with Crippen LogP contribution < -0.4 is 5.32 Å². The van der Waals surface area contributed by atoms with Gasteiger partial charge in [-0.05, 0) is 28.0 Å². The maximum absolute atomic E-state index is 12.7. The molecule has 1 heterocycles. The van der Waals surface area contributed by atoms with Crippen LogP contribution in [-0.2, 0) is 15.6 Å². The van der Waals surface area contributed by atoms with E-state index in [0.29, 0.717) is 6.61 Å². The van der Waals surface area contributed by atoms with Crippen LogP contribution in [0.1, 0.15) is 52.7 Å². The molecule has 0 aromatic heterocycles. The van der Waals surface area contributed by atoms with Gasteiger partial charge in [0.2, 0.25) is 0 Å². The second-order valence-electron chi connectivity index (χ2n) is 8.97. The number of nitrogens with zero attached hydrogens (tertiary/aromatic N) is 1. The van der Waals surface area contributed by atoms with Crippen molar-refractivity contribution in [3.63, 3.8) is 0 Å². The number of nitrogens with one attached hydrogen (secondary N) is 1. The first-order valence-electron chi connectivity index (χ1n) is 8.86. The Kier molecular flexibility index (Phi) is 5.50. The predicted molar refractivity (Wildman–Crippen MR) is 101 cm³/mol. The number of urea groups is 1. The molecule has 5 heteroatoms. The van der Waals surface area contributed by atoms with E-state index in [9.17, 15) is 9.90 Å². The highest BCUT2D eigenvalue weighted by Gasteiger charge is 2.33. The summed E-state index contributed by atoms with van der Waals surface area (Å²) < 4.78 is 5.26. The third kappa shape index (κ3) is 4.53. The van der Waals surface area contributed by atoms with Gasteiger partial charge in [-0.15, -0.1) is 0 Å². The Morgan fingerprint density at radius 1 is 1.16 bits per heavy atom. The maximum Gasteiger partial charge on any atom is 0.322 e. The fourth-order valence-corrected chi connectivity index (χ4v) is 3.02. The lowest BCUT2D eigenvalue weighted by Crippen LogP contribution is -2.46. The molecular formula is C20H32N2O3. The van der Waals surface area contributed by atoms with Gasteiger partial charge in [0, 0.05) is 12.7 Å². The number of aliphatic hydroxyl groups is 1. The van der Waals surface area contributed by atoms with Crippen LogP contribution in [0.15, 0.2) is 18.2 Å². The average Bonchev–Trinajstić information content (AvgIpc) is 2.90. The highest BCUT2D eigenvalue weighted by Crippen LogP contribution is 2.34. The van der Waals surface area contributed by atoms with E-state index >= 15 is 0 Å². The zero-order valence-electron chi connectivity index (χ0n) is 16.5. The maximum atomic E-state index is 12.7. The largest absolute Gasteiger partial charge is 0.388 e. The fourth-order valence-electron chi connectivity index (χ4n) is 3.02. The van der Waals surface area contributed by atoms with E-state index in [0.717, 1.165) is 11.3 Å². The van der Waals surface area contributed by atoms with Crippen LogP contribution in [-0.4, -0.2) is 48.4 Å². The number of hydrogen-bond donors (Lipinski definition) is 2. The Bertz CT molecular complexity index is 629. The second kappa shape index (κ2) is 6.96. The van der Waals surface area contributed by atoms with Crippen LogP contribution >= 0.6 is 0 Å². The molecular weight excluding hydrogens is 316 g/mol. The molecule has 2 rings (SSSR count). The summed E-state index contributed by atoms with van der Waals surface area (Å²) in [6.07, 6.45) is -0.640. The zero-order valence-corrected chi connectivity index (χ0v) is 16.5. The molecule has 0 radical (unpaired) electrons. The van der Waals surface area contributed by atoms with Gasteiger partial charge in [0.25, 0.3) is 0 Å². The molecule has 1 aliphatic heterocycles. The number of ether oxygens (including phenoxy) is 1. The predicted octanol–water partition coefficient (Wildman–Crippen LogP) is 3.51. The summed E-state index contributed by atoms with van der Waals surface area (Å²) in [5.41, 5.74) is 2.99. The number of rotatable bonds is 2. The summed E-state index contributed by atoms with van der Waals surface area (Å²) in [7, 11) is 1.70. The van der Waals surface area contributed by atoms with E-state index in [4.69, 9.17) is 4.74 Å². The highest BCUT2D eigenvalue weighted by atomic mass is 16.5. The Morgan fingerprint density at radius 2 is 1.80 bits per heavy atom. The standard InChI is InChI=1S/C20H32N2O3/c1-19(2,3)13-8-9-14(20(4,5)6)15(10-13)21-18(24)22(7)16-11-25-12-17(16)23/h8-10,16-17,23H,11-12H2,1-7H3,(H,21,24)/t16-,17-/m0/s1. The molecule has 2 amide bonds. The van der Waals surface area contributed by atoms with E-state index in [2.05, 4.69) is 65.1 Å². The number of carbonyl (C=O) groups is 1. The van der Waals surface area contributed by atoms with Crippen molar-refractivity contribution in [1.29, 1.82) is 0 Å². The van der Waals surface area contributed by atoms with Crippen molar-refractivity contribution in [3.8, 4) is 0 Å². The Balaban J connectivity index is 2.31. The van der Waals surface area contributed by atoms with E-state index in [1.54, 1.807) is 7.05 Å². The normalized spacial score (nSPS) is 21.3. The van der Waals surface area contributed by atoms with Gasteiger partial charge in [0.15, 0.2) is 0 Å². The molecule has 1 saturated heterocycles. The van der Waals surface area contributed by atoms with E-state index in [-0.39, 0.29) is 29.5 Å². The monoisotopic (exact) mass is 348 g/mol. The molecule has 0 bridgehead atoms. The molecule has 0 aliphatic carbocycles. The number of amides is 2. The van der Waals surface area contributed by atoms with E-state index in [1.165, 1.54) is 10.5 Å². The lowest BCUT2D eigenvalue weighted by atomic mass is 9.81. The van der Waals surface area contributed by atoms with Crippen molar-refractivity contribution in [1.82, 2.24) is 4.90 Å². The van der Waals surface area contributed by atoms with Gasteiger partial charge in [0.1, 0.15) is 0 Å². The van der Waals surface area contributed by atoms with Crippen LogP contribution in [0, 0.1) is 0 Å². The molecule has 25 heavy (non-hydrogen) atoms. The first kappa shape index (κ1) is 19.7. The molecule has 0 spiro atoms. The molecule has 0 unspecified atom stereocenters. The lowest BCUT2D eigenvalue weighted by molar-refractivity contribution is 0.106. The summed E-state index contributed by atoms with van der Waals surface area (Å²) in [6, 6.07) is 5.75. The minimum atomic E-state index is -0.640. The second-order valence-corrected chi connectivity index (χ2v) is 8.97. The Morgan fingerprint density at radius 3 is 2.28 bits per heavy atom. The third-order valence-corrected chi connectivity index (χ3v) is 4.77. The van der Waals surface area contributed by atoms with Crippen molar-refractivity contribution in [2.45, 2.75) is 64.5 Å². The van der Waals surface area contributed by atoms with E-state index in [1.807, 2.05) is 0 Å². The van der Waals surface area contributed by atoms with Gasteiger partial charge in [-0.1, -0.05) is 53.7 Å². The molecule has 1 aromatic rings. The SMILES string of the molecule is CN(C(=O)Nc1cc(C(C)(C)C)ccc1C(C)(C)C)[C@H]1COC[C@@H]1O. The van der Waals surface area contributed by atoms with Gasteiger partial charge >= 0.3 is 6.03 Å². The molecule has 140 valence electrons. The van der Waals surface area contributed by atoms with Crippen molar-refractivity contribution in [3.05, 3.63) is 29.3 Å². The Labute approximate surface area is 151 Å². The molecule has 1 fully saturated rings. The van der Waals surface area contributed by atoms with Gasteiger partial charge in [0.05, 0.1) is 25.4 Å². The van der Waals surface area contributed by atoms with Crippen LogP contribution in [0.2, 0.25) is 0 Å². The minimum Gasteiger partial charge on any atom is -0.388 e. The first-order valence-corrected chi connectivity index (χ1v) is 8.86. The molecule has 1 aromatic carbocycles. The zero-order chi connectivity index (χ0) is 19.0. The van der Waals surface area contributed by atoms with Crippen LogP contribution in [0.3, 0.4) is 0 Å². The van der Waals surface area contributed by atoms with Crippen LogP contribution in [0.25, 0.3) is 0 Å². The molecule has 2 atom stereocenters. The summed E-state index contributed by atoms with van der Waals surface area (Å²) in [6.45, 7) is 13.5. The Hall–Kier alpha value is -1.59. The minimum absolute atomic E-state index is 0.00270. The molecule has 2 N–H and O–H groups in total.